The van der Waals surface area contributed by atoms with E-state index in [9.17, 15) is 0 Å². The quantitative estimate of drug-likeness (QED) is 0.718. The zero-order chi connectivity index (χ0) is 12.6. The minimum absolute atomic E-state index is 0.278. The third-order valence-electron chi connectivity index (χ3n) is 4.20. The van der Waals surface area contributed by atoms with Crippen LogP contribution in [0.15, 0.2) is 34.3 Å². The summed E-state index contributed by atoms with van der Waals surface area (Å²) in [7, 11) is 0. The summed E-state index contributed by atoms with van der Waals surface area (Å²) in [6.45, 7) is 2.31. The van der Waals surface area contributed by atoms with Gasteiger partial charge in [0.1, 0.15) is 0 Å². The van der Waals surface area contributed by atoms with Crippen LogP contribution in [0.4, 0.5) is 0 Å². The Morgan fingerprint density at radius 3 is 2.72 bits per heavy atom. The molecule has 1 heterocycles. The van der Waals surface area contributed by atoms with Crippen LogP contribution < -0.4 is 4.72 Å². The third kappa shape index (κ3) is 2.17. The second-order valence-corrected chi connectivity index (χ2v) is 7.04. The van der Waals surface area contributed by atoms with Crippen LogP contribution in [0.25, 0.3) is 4.91 Å². The van der Waals surface area contributed by atoms with Gasteiger partial charge >= 0.3 is 0 Å². The van der Waals surface area contributed by atoms with Crippen molar-refractivity contribution in [1.29, 1.82) is 0 Å². The molecule has 1 saturated carbocycles. The highest BCUT2D eigenvalue weighted by Gasteiger charge is 2.39. The number of hydrogen-bond donors (Lipinski definition) is 1. The van der Waals surface area contributed by atoms with Crippen molar-refractivity contribution >= 4 is 32.8 Å². The molecule has 1 aromatic rings. The maximum Gasteiger partial charge on any atom is 0.0506 e. The molecule has 0 saturated heterocycles. The van der Waals surface area contributed by atoms with Gasteiger partial charge in [-0.15, -0.1) is 0 Å². The summed E-state index contributed by atoms with van der Waals surface area (Å²) in [5.41, 5.74) is 3.16. The topological polar surface area (TPSA) is 12.0 Å². The fourth-order valence-corrected chi connectivity index (χ4v) is 4.70. The molecule has 3 heteroatoms. The van der Waals surface area contributed by atoms with Crippen LogP contribution in [0.5, 0.6) is 0 Å². The molecule has 0 amide bonds. The van der Waals surface area contributed by atoms with Gasteiger partial charge in [0.2, 0.25) is 0 Å². The molecule has 0 radical (unpaired) electrons. The molecule has 0 atom stereocenters. The summed E-state index contributed by atoms with van der Waals surface area (Å²) in [4.78, 5) is 1.43. The predicted octanol–water partition coefficient (Wildman–Crippen LogP) is 5.13. The van der Waals surface area contributed by atoms with E-state index in [1.165, 1.54) is 42.6 Å². The molecule has 0 unspecified atom stereocenters. The van der Waals surface area contributed by atoms with E-state index in [-0.39, 0.29) is 5.54 Å². The smallest absolute Gasteiger partial charge is 0.0506 e. The Kier molecular flexibility index (Phi) is 3.57. The number of halogens is 1. The van der Waals surface area contributed by atoms with Crippen LogP contribution in [0.3, 0.4) is 0 Å². The van der Waals surface area contributed by atoms with E-state index in [1.54, 1.807) is 5.57 Å². The van der Waals surface area contributed by atoms with Crippen LogP contribution >= 0.6 is 27.9 Å². The monoisotopic (exact) mass is 323 g/mol. The van der Waals surface area contributed by atoms with E-state index < -0.39 is 0 Å². The van der Waals surface area contributed by atoms with E-state index in [0.717, 1.165) is 4.47 Å². The Bertz CT molecular complexity index is 489. The summed E-state index contributed by atoms with van der Waals surface area (Å²) >= 11 is 5.39. The van der Waals surface area contributed by atoms with Gasteiger partial charge in [-0.05, 0) is 55.0 Å². The van der Waals surface area contributed by atoms with Gasteiger partial charge in [-0.1, -0.05) is 47.3 Å². The van der Waals surface area contributed by atoms with Crippen LogP contribution in [-0.4, -0.2) is 5.54 Å². The highest BCUT2D eigenvalue weighted by atomic mass is 79.9. The van der Waals surface area contributed by atoms with Gasteiger partial charge in [0.15, 0.2) is 0 Å². The third-order valence-corrected chi connectivity index (χ3v) is 5.93. The van der Waals surface area contributed by atoms with Crippen LogP contribution in [0, 0.1) is 0 Å². The molecule has 3 rings (SSSR count). The second kappa shape index (κ2) is 5.03. The fraction of sp³-hybridized carbons (Fsp3) is 0.467. The van der Waals surface area contributed by atoms with Crippen LogP contribution in [0.2, 0.25) is 0 Å². The van der Waals surface area contributed by atoms with Crippen LogP contribution in [-0.2, 0) is 0 Å². The van der Waals surface area contributed by atoms with Gasteiger partial charge in [-0.3, -0.25) is 0 Å². The highest BCUT2D eigenvalue weighted by molar-refractivity contribution is 9.10. The van der Waals surface area contributed by atoms with E-state index in [1.807, 2.05) is 11.9 Å². The molecule has 1 aromatic carbocycles. The normalized spacial score (nSPS) is 22.8. The lowest BCUT2D eigenvalue weighted by Crippen LogP contribution is -2.41. The van der Waals surface area contributed by atoms with Crippen molar-refractivity contribution in [2.75, 3.05) is 0 Å². The van der Waals surface area contributed by atoms with E-state index in [2.05, 4.69) is 51.8 Å². The SMILES string of the molecule is CC1=C(c2cccc(Br)c2)SNC12CCCCC2. The number of nitrogens with one attached hydrogen (secondary N) is 1. The van der Waals surface area contributed by atoms with Gasteiger partial charge in [0.25, 0.3) is 0 Å². The first-order valence-corrected chi connectivity index (χ1v) is 8.24. The average molecular weight is 324 g/mol. The molecule has 0 bridgehead atoms. The molecule has 1 aliphatic heterocycles. The van der Waals surface area contributed by atoms with Crippen molar-refractivity contribution in [3.05, 3.63) is 39.9 Å². The average Bonchev–Trinajstić information content (AvgIpc) is 2.68. The number of benzene rings is 1. The second-order valence-electron chi connectivity index (χ2n) is 5.31. The molecular formula is C15H18BrNS. The molecule has 1 nitrogen and oxygen atoms in total. The van der Waals surface area contributed by atoms with Crippen molar-refractivity contribution in [1.82, 2.24) is 4.72 Å². The first-order valence-electron chi connectivity index (χ1n) is 6.63. The number of hydrogen-bond acceptors (Lipinski definition) is 2. The van der Waals surface area contributed by atoms with E-state index >= 15 is 0 Å². The molecule has 1 N–H and O–H groups in total. The van der Waals surface area contributed by atoms with Crippen molar-refractivity contribution in [3.8, 4) is 0 Å². The Balaban J connectivity index is 1.97. The summed E-state index contributed by atoms with van der Waals surface area (Å²) < 4.78 is 4.87. The first kappa shape index (κ1) is 12.8. The van der Waals surface area contributed by atoms with Gasteiger partial charge in [0.05, 0.1) is 5.54 Å². The molecule has 96 valence electrons. The summed E-state index contributed by atoms with van der Waals surface area (Å²) in [6, 6.07) is 8.63. The predicted molar refractivity (Wildman–Crippen MR) is 83.3 cm³/mol. The Labute approximate surface area is 122 Å². The fourth-order valence-electron chi connectivity index (χ4n) is 3.06. The van der Waals surface area contributed by atoms with Crippen molar-refractivity contribution in [2.45, 2.75) is 44.6 Å². The van der Waals surface area contributed by atoms with Crippen molar-refractivity contribution in [2.24, 2.45) is 0 Å². The summed E-state index contributed by atoms with van der Waals surface area (Å²) in [5, 5.41) is 0. The van der Waals surface area contributed by atoms with E-state index in [0.29, 0.717) is 0 Å². The lowest BCUT2D eigenvalue weighted by molar-refractivity contribution is 0.326. The molecule has 0 aromatic heterocycles. The van der Waals surface area contributed by atoms with Gasteiger partial charge < -0.3 is 0 Å². The molecular weight excluding hydrogens is 306 g/mol. The van der Waals surface area contributed by atoms with Crippen LogP contribution in [0.1, 0.15) is 44.6 Å². The lowest BCUT2D eigenvalue weighted by atomic mass is 9.77. The largest absolute Gasteiger partial charge is 0.250 e. The first-order chi connectivity index (χ1) is 8.71. The van der Waals surface area contributed by atoms with Gasteiger partial charge in [0, 0.05) is 9.38 Å². The van der Waals surface area contributed by atoms with Crippen molar-refractivity contribution < 1.29 is 0 Å². The summed E-state index contributed by atoms with van der Waals surface area (Å²) in [6.07, 6.45) is 6.70. The molecule has 1 spiro atoms. The lowest BCUT2D eigenvalue weighted by Gasteiger charge is -2.34. The zero-order valence-corrected chi connectivity index (χ0v) is 13.0. The standard InChI is InChI=1S/C15H18BrNS/c1-11-14(12-6-5-7-13(16)10-12)18-17-15(11)8-3-2-4-9-15/h5-7,10,17H,2-4,8-9H2,1H3. The number of rotatable bonds is 1. The maximum atomic E-state index is 3.72. The Hall–Kier alpha value is -0.250. The zero-order valence-electron chi connectivity index (χ0n) is 10.6. The Morgan fingerprint density at radius 1 is 1.22 bits per heavy atom. The van der Waals surface area contributed by atoms with Crippen molar-refractivity contribution in [3.63, 3.8) is 0 Å². The Morgan fingerprint density at radius 2 is 2.00 bits per heavy atom. The highest BCUT2D eigenvalue weighted by Crippen LogP contribution is 2.48. The summed E-state index contributed by atoms with van der Waals surface area (Å²) in [5.74, 6) is 0. The van der Waals surface area contributed by atoms with Gasteiger partial charge in [-0.2, -0.15) is 0 Å². The molecule has 1 aliphatic carbocycles. The molecule has 1 fully saturated rings. The molecule has 18 heavy (non-hydrogen) atoms. The van der Waals surface area contributed by atoms with Gasteiger partial charge in [-0.25, -0.2) is 4.72 Å². The molecule has 2 aliphatic rings. The van der Waals surface area contributed by atoms with E-state index in [4.69, 9.17) is 0 Å². The minimum atomic E-state index is 0.278. The minimum Gasteiger partial charge on any atom is -0.250 e. The maximum absolute atomic E-state index is 3.72.